The second kappa shape index (κ2) is 4.56. The van der Waals surface area contributed by atoms with Crippen molar-refractivity contribution in [2.75, 3.05) is 0 Å². The number of aliphatic carboxylic acids is 1. The van der Waals surface area contributed by atoms with Gasteiger partial charge in [0.25, 0.3) is 0 Å². The summed E-state index contributed by atoms with van der Waals surface area (Å²) in [5.74, 6) is -1.10. The predicted molar refractivity (Wildman–Crippen MR) is 68.1 cm³/mol. The summed E-state index contributed by atoms with van der Waals surface area (Å²) in [6.07, 6.45) is 4.52. The molecule has 3 unspecified atom stereocenters. The molecule has 4 heteroatoms. The number of amides is 1. The van der Waals surface area contributed by atoms with Crippen molar-refractivity contribution in [3.8, 4) is 0 Å². The molecule has 4 nitrogen and oxygen atoms in total. The van der Waals surface area contributed by atoms with E-state index in [4.69, 9.17) is 0 Å². The van der Waals surface area contributed by atoms with Gasteiger partial charge in [-0.15, -0.1) is 0 Å². The van der Waals surface area contributed by atoms with E-state index in [0.717, 1.165) is 25.7 Å². The molecule has 1 saturated carbocycles. The minimum absolute atomic E-state index is 0.0513. The number of hydrogen-bond acceptors (Lipinski definition) is 2. The lowest BCUT2D eigenvalue weighted by Gasteiger charge is -2.56. The molecule has 1 saturated heterocycles. The summed E-state index contributed by atoms with van der Waals surface area (Å²) in [5.41, 5.74) is -0.0513. The number of carbonyl (C=O) groups is 2. The van der Waals surface area contributed by atoms with Crippen LogP contribution in [0.1, 0.15) is 52.9 Å². The minimum atomic E-state index is -0.766. The summed E-state index contributed by atoms with van der Waals surface area (Å²) in [6, 6.07) is -0.181. The van der Waals surface area contributed by atoms with Gasteiger partial charge >= 0.3 is 5.97 Å². The van der Waals surface area contributed by atoms with Crippen LogP contribution in [0.15, 0.2) is 0 Å². The number of hydrogen-bond donors (Lipinski definition) is 1. The van der Waals surface area contributed by atoms with E-state index >= 15 is 0 Å². The van der Waals surface area contributed by atoms with E-state index < -0.39 is 11.9 Å². The molecule has 2 rings (SSSR count). The van der Waals surface area contributed by atoms with Gasteiger partial charge < -0.3 is 10.0 Å². The van der Waals surface area contributed by atoms with Crippen molar-refractivity contribution in [3.05, 3.63) is 0 Å². The second-order valence-electron chi connectivity index (χ2n) is 5.98. The minimum Gasteiger partial charge on any atom is -0.481 e. The third-order valence-electron chi connectivity index (χ3n) is 5.04. The summed E-state index contributed by atoms with van der Waals surface area (Å²) >= 11 is 0. The fourth-order valence-electron chi connectivity index (χ4n) is 3.86. The van der Waals surface area contributed by atoms with Gasteiger partial charge in [0.05, 0.1) is 5.92 Å². The van der Waals surface area contributed by atoms with Crippen molar-refractivity contribution in [3.63, 3.8) is 0 Å². The zero-order valence-corrected chi connectivity index (χ0v) is 11.5. The van der Waals surface area contributed by atoms with E-state index in [0.29, 0.717) is 6.42 Å². The van der Waals surface area contributed by atoms with Crippen molar-refractivity contribution in [2.24, 2.45) is 11.8 Å². The maximum atomic E-state index is 12.3. The molecule has 1 heterocycles. The van der Waals surface area contributed by atoms with Gasteiger partial charge in [0.2, 0.25) is 5.91 Å². The number of carboxylic acid groups (broad SMARTS) is 1. The molecule has 1 aliphatic carbocycles. The van der Waals surface area contributed by atoms with Crippen molar-refractivity contribution in [2.45, 2.75) is 64.5 Å². The highest BCUT2D eigenvalue weighted by Crippen LogP contribution is 2.45. The smallest absolute Gasteiger partial charge is 0.308 e. The zero-order chi connectivity index (χ0) is 13.5. The first-order valence-corrected chi connectivity index (χ1v) is 6.98. The lowest BCUT2D eigenvalue weighted by atomic mass is 9.69. The first-order valence-electron chi connectivity index (χ1n) is 6.98. The van der Waals surface area contributed by atoms with Gasteiger partial charge in [0.15, 0.2) is 0 Å². The Morgan fingerprint density at radius 1 is 1.44 bits per heavy atom. The molecule has 0 aromatic rings. The lowest BCUT2D eigenvalue weighted by Crippen LogP contribution is -2.64. The van der Waals surface area contributed by atoms with E-state index in [1.807, 2.05) is 18.7 Å². The molecular weight excluding hydrogens is 230 g/mol. The van der Waals surface area contributed by atoms with E-state index in [-0.39, 0.29) is 23.4 Å². The number of carboxylic acids is 1. The SMILES string of the molecule is CCC1(N2C(=O)CC(C)C(C(=O)O)C2C)CCC1. The molecule has 102 valence electrons. The molecular formula is C14H23NO3. The highest BCUT2D eigenvalue weighted by molar-refractivity contribution is 5.82. The topological polar surface area (TPSA) is 57.6 Å². The first kappa shape index (κ1) is 13.4. The van der Waals surface area contributed by atoms with Gasteiger partial charge in [-0.3, -0.25) is 9.59 Å². The van der Waals surface area contributed by atoms with Crippen LogP contribution < -0.4 is 0 Å². The Labute approximate surface area is 108 Å². The molecule has 0 bridgehead atoms. The Kier molecular flexibility index (Phi) is 3.39. The van der Waals surface area contributed by atoms with Gasteiger partial charge in [0.1, 0.15) is 0 Å². The van der Waals surface area contributed by atoms with E-state index in [1.54, 1.807) is 0 Å². The molecule has 1 amide bonds. The van der Waals surface area contributed by atoms with Crippen LogP contribution in [0.25, 0.3) is 0 Å². The van der Waals surface area contributed by atoms with Crippen LogP contribution in [0.4, 0.5) is 0 Å². The largest absolute Gasteiger partial charge is 0.481 e. The van der Waals surface area contributed by atoms with Crippen LogP contribution in [0, 0.1) is 11.8 Å². The maximum absolute atomic E-state index is 12.3. The average molecular weight is 253 g/mol. The van der Waals surface area contributed by atoms with Crippen LogP contribution in [0.5, 0.6) is 0 Å². The second-order valence-corrected chi connectivity index (χ2v) is 5.98. The van der Waals surface area contributed by atoms with Crippen LogP contribution in [-0.4, -0.2) is 33.5 Å². The lowest BCUT2D eigenvalue weighted by molar-refractivity contribution is -0.166. The molecule has 1 N–H and O–H groups in total. The molecule has 2 aliphatic rings. The Morgan fingerprint density at radius 3 is 2.44 bits per heavy atom. The summed E-state index contributed by atoms with van der Waals surface area (Å²) in [4.78, 5) is 25.6. The van der Waals surface area contributed by atoms with Gasteiger partial charge in [-0.05, 0) is 38.5 Å². The fourth-order valence-corrected chi connectivity index (χ4v) is 3.86. The predicted octanol–water partition coefficient (Wildman–Crippen LogP) is 2.28. The van der Waals surface area contributed by atoms with Crippen LogP contribution >= 0.6 is 0 Å². The number of carbonyl (C=O) groups excluding carboxylic acids is 1. The van der Waals surface area contributed by atoms with Crippen molar-refractivity contribution in [1.29, 1.82) is 0 Å². The number of rotatable bonds is 3. The van der Waals surface area contributed by atoms with Gasteiger partial charge in [-0.1, -0.05) is 13.8 Å². The quantitative estimate of drug-likeness (QED) is 0.839. The molecule has 2 fully saturated rings. The molecule has 3 atom stereocenters. The summed E-state index contributed by atoms with van der Waals surface area (Å²) in [5, 5.41) is 9.37. The number of likely N-dealkylation sites (tertiary alicyclic amines) is 1. The maximum Gasteiger partial charge on any atom is 0.308 e. The third-order valence-corrected chi connectivity index (χ3v) is 5.04. The van der Waals surface area contributed by atoms with Crippen LogP contribution in [0.3, 0.4) is 0 Å². The van der Waals surface area contributed by atoms with Gasteiger partial charge in [-0.25, -0.2) is 0 Å². The molecule has 18 heavy (non-hydrogen) atoms. The number of nitrogens with zero attached hydrogens (tertiary/aromatic N) is 1. The normalized spacial score (nSPS) is 35.2. The fraction of sp³-hybridized carbons (Fsp3) is 0.857. The van der Waals surface area contributed by atoms with Crippen molar-refractivity contribution >= 4 is 11.9 Å². The summed E-state index contributed by atoms with van der Waals surface area (Å²) < 4.78 is 0. The Bertz CT molecular complexity index is 357. The van der Waals surface area contributed by atoms with Crippen LogP contribution in [0.2, 0.25) is 0 Å². The highest BCUT2D eigenvalue weighted by atomic mass is 16.4. The monoisotopic (exact) mass is 253 g/mol. The Morgan fingerprint density at radius 2 is 2.06 bits per heavy atom. The molecule has 0 aromatic carbocycles. The molecule has 1 aliphatic heterocycles. The van der Waals surface area contributed by atoms with E-state index in [1.165, 1.54) is 0 Å². The van der Waals surface area contributed by atoms with Crippen molar-refractivity contribution < 1.29 is 14.7 Å². The Hall–Kier alpha value is -1.06. The van der Waals surface area contributed by atoms with Crippen LogP contribution in [-0.2, 0) is 9.59 Å². The van der Waals surface area contributed by atoms with E-state index in [9.17, 15) is 14.7 Å². The standard InChI is InChI=1S/C14H23NO3/c1-4-14(6-5-7-14)15-10(3)12(13(17)18)9(2)8-11(15)16/h9-10,12H,4-8H2,1-3H3,(H,17,18). The Balaban J connectivity index is 2.28. The first-order chi connectivity index (χ1) is 8.43. The van der Waals surface area contributed by atoms with E-state index in [2.05, 4.69) is 6.92 Å². The zero-order valence-electron chi connectivity index (χ0n) is 11.5. The van der Waals surface area contributed by atoms with Crippen molar-refractivity contribution in [1.82, 2.24) is 4.90 Å². The summed E-state index contributed by atoms with van der Waals surface area (Å²) in [6.45, 7) is 5.89. The molecule has 0 spiro atoms. The number of piperidine rings is 1. The third kappa shape index (κ3) is 1.82. The molecule has 0 radical (unpaired) electrons. The summed E-state index contributed by atoms with van der Waals surface area (Å²) in [7, 11) is 0. The highest BCUT2D eigenvalue weighted by Gasteiger charge is 2.51. The average Bonchev–Trinajstić information content (AvgIpc) is 2.20. The van der Waals surface area contributed by atoms with Gasteiger partial charge in [-0.2, -0.15) is 0 Å². The van der Waals surface area contributed by atoms with Gasteiger partial charge in [0, 0.05) is 18.0 Å². The molecule has 0 aromatic heterocycles.